The molecular weight excluding hydrogens is 238 g/mol. The van der Waals surface area contributed by atoms with E-state index >= 15 is 0 Å². The van der Waals surface area contributed by atoms with Crippen molar-refractivity contribution >= 4 is 17.6 Å². The van der Waals surface area contributed by atoms with Gasteiger partial charge in [-0.05, 0) is 24.3 Å². The second kappa shape index (κ2) is 6.48. The standard InChI is InChI=1S/C12H15NO5/c1-16-9-6-4-8(5-7-9)13-10(11(14)17-2)12(15)18-3/h4-7,10,13H,1-3H3. The highest BCUT2D eigenvalue weighted by Crippen LogP contribution is 2.16. The molecule has 0 aliphatic heterocycles. The molecule has 0 radical (unpaired) electrons. The first-order chi connectivity index (χ1) is 8.62. The number of carbonyl (C=O) groups excluding carboxylic acids is 2. The van der Waals surface area contributed by atoms with Crippen LogP contribution < -0.4 is 10.1 Å². The van der Waals surface area contributed by atoms with E-state index < -0.39 is 18.0 Å². The average molecular weight is 253 g/mol. The third kappa shape index (κ3) is 3.38. The topological polar surface area (TPSA) is 73.9 Å². The van der Waals surface area contributed by atoms with Crippen molar-refractivity contribution in [1.82, 2.24) is 0 Å². The Bertz CT molecular complexity index is 399. The van der Waals surface area contributed by atoms with Crippen molar-refractivity contribution in [2.75, 3.05) is 26.6 Å². The lowest BCUT2D eigenvalue weighted by Crippen LogP contribution is -2.39. The Morgan fingerprint density at radius 2 is 1.50 bits per heavy atom. The lowest BCUT2D eigenvalue weighted by molar-refractivity contribution is -0.152. The van der Waals surface area contributed by atoms with E-state index in [1.807, 2.05) is 0 Å². The molecule has 0 bridgehead atoms. The Labute approximate surface area is 105 Å². The van der Waals surface area contributed by atoms with Crippen molar-refractivity contribution in [1.29, 1.82) is 0 Å². The van der Waals surface area contributed by atoms with Gasteiger partial charge in [0.15, 0.2) is 0 Å². The highest BCUT2D eigenvalue weighted by molar-refractivity contribution is 6.01. The molecule has 0 aliphatic rings. The Hall–Kier alpha value is -2.24. The van der Waals surface area contributed by atoms with Crippen LogP contribution in [0.4, 0.5) is 5.69 Å². The molecule has 0 saturated heterocycles. The maximum atomic E-state index is 11.4. The maximum absolute atomic E-state index is 11.4. The molecule has 0 saturated carbocycles. The van der Waals surface area contributed by atoms with Crippen LogP contribution in [0.3, 0.4) is 0 Å². The molecule has 0 heterocycles. The van der Waals surface area contributed by atoms with E-state index in [0.717, 1.165) is 0 Å². The second-order valence-corrected chi connectivity index (χ2v) is 3.35. The molecule has 6 heteroatoms. The van der Waals surface area contributed by atoms with Crippen LogP contribution in [0.1, 0.15) is 0 Å². The van der Waals surface area contributed by atoms with Crippen LogP contribution in [0, 0.1) is 0 Å². The fraction of sp³-hybridized carbons (Fsp3) is 0.333. The van der Waals surface area contributed by atoms with Gasteiger partial charge in [0.2, 0.25) is 6.04 Å². The first-order valence-corrected chi connectivity index (χ1v) is 5.18. The Balaban J connectivity index is 2.82. The number of hydrogen-bond donors (Lipinski definition) is 1. The smallest absolute Gasteiger partial charge is 0.340 e. The molecule has 0 aliphatic carbocycles. The molecule has 0 amide bonds. The third-order valence-electron chi connectivity index (χ3n) is 2.27. The molecule has 0 fully saturated rings. The van der Waals surface area contributed by atoms with Gasteiger partial charge in [-0.15, -0.1) is 0 Å². The highest BCUT2D eigenvalue weighted by atomic mass is 16.5. The lowest BCUT2D eigenvalue weighted by atomic mass is 10.2. The fourth-order valence-corrected chi connectivity index (χ4v) is 1.30. The van der Waals surface area contributed by atoms with E-state index in [9.17, 15) is 9.59 Å². The molecule has 6 nitrogen and oxygen atoms in total. The van der Waals surface area contributed by atoms with E-state index in [2.05, 4.69) is 14.8 Å². The first kappa shape index (κ1) is 13.8. The molecule has 0 atom stereocenters. The summed E-state index contributed by atoms with van der Waals surface area (Å²) in [6.45, 7) is 0. The molecular formula is C12H15NO5. The van der Waals surface area contributed by atoms with Gasteiger partial charge >= 0.3 is 11.9 Å². The van der Waals surface area contributed by atoms with Crippen molar-refractivity contribution in [3.8, 4) is 5.75 Å². The minimum atomic E-state index is -1.19. The summed E-state index contributed by atoms with van der Waals surface area (Å²) in [7, 11) is 3.95. The predicted octanol–water partition coefficient (Wildman–Crippen LogP) is 0.822. The summed E-state index contributed by atoms with van der Waals surface area (Å²) in [4.78, 5) is 22.9. The molecule has 0 spiro atoms. The van der Waals surface area contributed by atoms with Gasteiger partial charge in [-0.25, -0.2) is 9.59 Å². The first-order valence-electron chi connectivity index (χ1n) is 5.18. The SMILES string of the molecule is COC(=O)C(Nc1ccc(OC)cc1)C(=O)OC. The monoisotopic (exact) mass is 253 g/mol. The van der Waals surface area contributed by atoms with Gasteiger partial charge in [-0.1, -0.05) is 0 Å². The summed E-state index contributed by atoms with van der Waals surface area (Å²) < 4.78 is 14.1. The summed E-state index contributed by atoms with van der Waals surface area (Å²) in [5.74, 6) is -0.747. The van der Waals surface area contributed by atoms with E-state index in [4.69, 9.17) is 4.74 Å². The quantitative estimate of drug-likeness (QED) is 0.618. The third-order valence-corrected chi connectivity index (χ3v) is 2.27. The van der Waals surface area contributed by atoms with Crippen LogP contribution >= 0.6 is 0 Å². The molecule has 0 aromatic heterocycles. The van der Waals surface area contributed by atoms with Gasteiger partial charge in [-0.3, -0.25) is 0 Å². The lowest BCUT2D eigenvalue weighted by Gasteiger charge is -2.15. The van der Waals surface area contributed by atoms with Gasteiger partial charge in [0, 0.05) is 5.69 Å². The number of benzene rings is 1. The van der Waals surface area contributed by atoms with Gasteiger partial charge in [0.05, 0.1) is 21.3 Å². The summed E-state index contributed by atoms with van der Waals surface area (Å²) in [5, 5.41) is 2.73. The predicted molar refractivity (Wildman–Crippen MR) is 64.4 cm³/mol. The normalized spacial score (nSPS) is 9.78. The molecule has 1 rings (SSSR count). The van der Waals surface area contributed by atoms with Gasteiger partial charge in [0.1, 0.15) is 5.75 Å². The van der Waals surface area contributed by atoms with Crippen molar-refractivity contribution < 1.29 is 23.8 Å². The number of nitrogens with one attached hydrogen (secondary N) is 1. The molecule has 98 valence electrons. The minimum Gasteiger partial charge on any atom is -0.497 e. The minimum absolute atomic E-state index is 0.580. The number of anilines is 1. The Morgan fingerprint density at radius 3 is 1.89 bits per heavy atom. The summed E-state index contributed by atoms with van der Waals surface area (Å²) in [6.07, 6.45) is 0. The van der Waals surface area contributed by atoms with Crippen LogP contribution in [0.25, 0.3) is 0 Å². The van der Waals surface area contributed by atoms with Gasteiger partial charge < -0.3 is 19.5 Å². The number of ether oxygens (including phenoxy) is 3. The van der Waals surface area contributed by atoms with Crippen molar-refractivity contribution in [2.45, 2.75) is 6.04 Å². The number of methoxy groups -OCH3 is 3. The zero-order chi connectivity index (χ0) is 13.5. The molecule has 1 N–H and O–H groups in total. The van der Waals surface area contributed by atoms with E-state index in [-0.39, 0.29) is 0 Å². The van der Waals surface area contributed by atoms with Crippen LogP contribution in [0.15, 0.2) is 24.3 Å². The molecule has 18 heavy (non-hydrogen) atoms. The number of hydrogen-bond acceptors (Lipinski definition) is 6. The van der Waals surface area contributed by atoms with Crippen molar-refractivity contribution in [3.05, 3.63) is 24.3 Å². The van der Waals surface area contributed by atoms with E-state index in [1.54, 1.807) is 31.4 Å². The summed E-state index contributed by atoms with van der Waals surface area (Å²) >= 11 is 0. The maximum Gasteiger partial charge on any atom is 0.340 e. The molecule has 1 aromatic carbocycles. The van der Waals surface area contributed by atoms with Crippen LogP contribution in [-0.2, 0) is 19.1 Å². The molecule has 1 aromatic rings. The van der Waals surface area contributed by atoms with Crippen LogP contribution in [-0.4, -0.2) is 39.3 Å². The van der Waals surface area contributed by atoms with Crippen molar-refractivity contribution in [3.63, 3.8) is 0 Å². The van der Waals surface area contributed by atoms with Crippen molar-refractivity contribution in [2.24, 2.45) is 0 Å². The van der Waals surface area contributed by atoms with Crippen LogP contribution in [0.5, 0.6) is 5.75 Å². The van der Waals surface area contributed by atoms with E-state index in [1.165, 1.54) is 14.2 Å². The fourth-order valence-electron chi connectivity index (χ4n) is 1.30. The summed E-state index contributed by atoms with van der Waals surface area (Å²) in [6, 6.07) is 5.57. The Morgan fingerprint density at radius 1 is 1.00 bits per heavy atom. The van der Waals surface area contributed by atoms with E-state index in [0.29, 0.717) is 11.4 Å². The van der Waals surface area contributed by atoms with Gasteiger partial charge in [0.25, 0.3) is 0 Å². The number of esters is 2. The Kier molecular flexibility index (Phi) is 4.98. The van der Waals surface area contributed by atoms with Crippen LogP contribution in [0.2, 0.25) is 0 Å². The largest absolute Gasteiger partial charge is 0.497 e. The molecule has 0 unspecified atom stereocenters. The zero-order valence-corrected chi connectivity index (χ0v) is 10.4. The zero-order valence-electron chi connectivity index (χ0n) is 10.4. The number of rotatable bonds is 5. The number of carbonyl (C=O) groups is 2. The highest BCUT2D eigenvalue weighted by Gasteiger charge is 2.28. The van der Waals surface area contributed by atoms with Gasteiger partial charge in [-0.2, -0.15) is 0 Å². The average Bonchev–Trinajstić information content (AvgIpc) is 2.43. The second-order valence-electron chi connectivity index (χ2n) is 3.35. The summed E-state index contributed by atoms with van der Waals surface area (Å²) in [5.41, 5.74) is 0.580.